The topological polar surface area (TPSA) is 86.1 Å². The number of nitrogens with zero attached hydrogens (tertiary/aromatic N) is 3. The molecule has 0 atom stereocenters. The van der Waals surface area contributed by atoms with Crippen LogP contribution < -0.4 is 5.32 Å². The van der Waals surface area contributed by atoms with Crippen LogP contribution >= 0.6 is 0 Å². The highest BCUT2D eigenvalue weighted by Gasteiger charge is 2.22. The smallest absolute Gasteiger partial charge is 0.343 e. The van der Waals surface area contributed by atoms with E-state index in [4.69, 9.17) is 4.74 Å². The van der Waals surface area contributed by atoms with Gasteiger partial charge in [0.05, 0.1) is 18.3 Å². The van der Waals surface area contributed by atoms with Crippen molar-refractivity contribution < 1.29 is 14.3 Å². The molecule has 7 heteroatoms. The Morgan fingerprint density at radius 1 is 1.03 bits per heavy atom. The average molecular weight is 428 g/mol. The zero-order chi connectivity index (χ0) is 22.7. The lowest BCUT2D eigenvalue weighted by molar-refractivity contribution is 0.0527. The number of rotatable bonds is 6. The standard InChI is InChI=1S/C25H24N4O3/c1-4-32-25(31)20-15-26-29(22-14-13-18-7-5-6-8-21(18)27-22)23(20)28-24(30)19-11-9-17(10-12-19)16(2)3/h5-16H,4H2,1-3H3,(H,28,30). The quantitative estimate of drug-likeness (QED) is 0.438. The second-order valence-electron chi connectivity index (χ2n) is 7.63. The number of aromatic nitrogens is 3. The molecule has 7 nitrogen and oxygen atoms in total. The van der Waals surface area contributed by atoms with E-state index < -0.39 is 5.97 Å². The Balaban J connectivity index is 1.73. The molecule has 1 N–H and O–H groups in total. The number of para-hydroxylation sites is 1. The minimum atomic E-state index is -0.565. The van der Waals surface area contributed by atoms with Gasteiger partial charge in [-0.3, -0.25) is 4.79 Å². The molecule has 0 aliphatic rings. The fourth-order valence-electron chi connectivity index (χ4n) is 3.37. The van der Waals surface area contributed by atoms with Crippen molar-refractivity contribution >= 4 is 28.6 Å². The van der Waals surface area contributed by atoms with Gasteiger partial charge in [0.1, 0.15) is 5.56 Å². The number of nitrogens with one attached hydrogen (secondary N) is 1. The fraction of sp³-hybridized carbons (Fsp3) is 0.200. The van der Waals surface area contributed by atoms with Crippen molar-refractivity contribution in [2.24, 2.45) is 0 Å². The number of amides is 1. The van der Waals surface area contributed by atoms with Gasteiger partial charge < -0.3 is 10.1 Å². The zero-order valence-corrected chi connectivity index (χ0v) is 18.2. The summed E-state index contributed by atoms with van der Waals surface area (Å²) >= 11 is 0. The van der Waals surface area contributed by atoms with Crippen molar-refractivity contribution in [1.82, 2.24) is 14.8 Å². The van der Waals surface area contributed by atoms with Crippen LogP contribution in [0.15, 0.2) is 66.9 Å². The van der Waals surface area contributed by atoms with Crippen LogP contribution in [0.5, 0.6) is 0 Å². The van der Waals surface area contributed by atoms with Gasteiger partial charge in [-0.15, -0.1) is 0 Å². The highest BCUT2D eigenvalue weighted by Crippen LogP contribution is 2.23. The molecule has 0 fully saturated rings. The summed E-state index contributed by atoms with van der Waals surface area (Å²) in [4.78, 5) is 30.1. The van der Waals surface area contributed by atoms with E-state index in [1.165, 1.54) is 10.9 Å². The van der Waals surface area contributed by atoms with E-state index in [-0.39, 0.29) is 23.9 Å². The third-order valence-corrected chi connectivity index (χ3v) is 5.14. The highest BCUT2D eigenvalue weighted by atomic mass is 16.5. The lowest BCUT2D eigenvalue weighted by atomic mass is 10.0. The lowest BCUT2D eigenvalue weighted by Crippen LogP contribution is -2.18. The SMILES string of the molecule is CCOC(=O)c1cnn(-c2ccc3ccccc3n2)c1NC(=O)c1ccc(C(C)C)cc1. The van der Waals surface area contributed by atoms with Gasteiger partial charge in [0.15, 0.2) is 11.6 Å². The van der Waals surface area contributed by atoms with E-state index in [0.29, 0.717) is 17.3 Å². The molecule has 2 aromatic carbocycles. The number of fused-ring (bicyclic) bond motifs is 1. The monoisotopic (exact) mass is 428 g/mol. The van der Waals surface area contributed by atoms with Crippen LogP contribution in [0.2, 0.25) is 0 Å². The molecular formula is C25H24N4O3. The van der Waals surface area contributed by atoms with Crippen LogP contribution in [0.25, 0.3) is 16.7 Å². The predicted octanol–water partition coefficient (Wildman–Crippen LogP) is 4.97. The van der Waals surface area contributed by atoms with Gasteiger partial charge in [-0.05, 0) is 48.7 Å². The molecule has 4 aromatic rings. The van der Waals surface area contributed by atoms with Crippen molar-refractivity contribution in [3.63, 3.8) is 0 Å². The van der Waals surface area contributed by atoms with Crippen molar-refractivity contribution in [1.29, 1.82) is 0 Å². The number of carbonyl (C=O) groups excluding carboxylic acids is 2. The first-order valence-corrected chi connectivity index (χ1v) is 10.5. The molecule has 0 saturated carbocycles. The normalized spacial score (nSPS) is 11.0. The largest absolute Gasteiger partial charge is 0.462 e. The molecule has 32 heavy (non-hydrogen) atoms. The fourth-order valence-corrected chi connectivity index (χ4v) is 3.37. The molecule has 2 aromatic heterocycles. The van der Waals surface area contributed by atoms with E-state index in [1.54, 1.807) is 25.1 Å². The van der Waals surface area contributed by atoms with Gasteiger partial charge in [-0.25, -0.2) is 9.78 Å². The van der Waals surface area contributed by atoms with Gasteiger partial charge >= 0.3 is 5.97 Å². The summed E-state index contributed by atoms with van der Waals surface area (Å²) in [6.45, 7) is 6.12. The summed E-state index contributed by atoms with van der Waals surface area (Å²) in [5.41, 5.74) is 2.55. The maximum Gasteiger partial charge on any atom is 0.343 e. The maximum absolute atomic E-state index is 13.0. The van der Waals surface area contributed by atoms with E-state index >= 15 is 0 Å². The van der Waals surface area contributed by atoms with E-state index in [9.17, 15) is 9.59 Å². The van der Waals surface area contributed by atoms with Crippen LogP contribution in [-0.2, 0) is 4.74 Å². The Morgan fingerprint density at radius 3 is 2.50 bits per heavy atom. The minimum absolute atomic E-state index is 0.161. The van der Waals surface area contributed by atoms with Crippen molar-refractivity contribution in [3.05, 3.63) is 83.6 Å². The van der Waals surface area contributed by atoms with Gasteiger partial charge in [0.2, 0.25) is 0 Å². The van der Waals surface area contributed by atoms with Gasteiger partial charge in [-0.1, -0.05) is 44.2 Å². The number of anilines is 1. The summed E-state index contributed by atoms with van der Waals surface area (Å²) in [5, 5.41) is 8.13. The minimum Gasteiger partial charge on any atom is -0.462 e. The lowest BCUT2D eigenvalue weighted by Gasteiger charge is -2.12. The molecule has 0 saturated heterocycles. The number of hydrogen-bond donors (Lipinski definition) is 1. The molecule has 4 rings (SSSR count). The molecule has 162 valence electrons. The molecule has 0 bridgehead atoms. The summed E-state index contributed by atoms with van der Waals surface area (Å²) in [6, 6.07) is 18.8. The molecule has 1 amide bonds. The molecular weight excluding hydrogens is 404 g/mol. The van der Waals surface area contributed by atoms with Crippen LogP contribution in [-0.4, -0.2) is 33.2 Å². The summed E-state index contributed by atoms with van der Waals surface area (Å²) in [7, 11) is 0. The molecule has 0 aliphatic heterocycles. The van der Waals surface area contributed by atoms with E-state index in [1.807, 2.05) is 42.5 Å². The zero-order valence-electron chi connectivity index (χ0n) is 18.2. The second kappa shape index (κ2) is 9.01. The maximum atomic E-state index is 13.0. The average Bonchev–Trinajstić information content (AvgIpc) is 3.22. The Hall–Kier alpha value is -4.00. The third-order valence-electron chi connectivity index (χ3n) is 5.14. The summed E-state index contributed by atoms with van der Waals surface area (Å²) < 4.78 is 6.60. The number of benzene rings is 2. The van der Waals surface area contributed by atoms with Crippen LogP contribution in [0.4, 0.5) is 5.82 Å². The van der Waals surface area contributed by atoms with E-state index in [2.05, 4.69) is 29.2 Å². The third kappa shape index (κ3) is 4.23. The van der Waals surface area contributed by atoms with Crippen molar-refractivity contribution in [2.75, 3.05) is 11.9 Å². The van der Waals surface area contributed by atoms with Gasteiger partial charge in [-0.2, -0.15) is 9.78 Å². The molecule has 0 radical (unpaired) electrons. The van der Waals surface area contributed by atoms with Crippen molar-refractivity contribution in [3.8, 4) is 5.82 Å². The summed E-state index contributed by atoms with van der Waals surface area (Å²) in [6.07, 6.45) is 1.38. The first-order chi connectivity index (χ1) is 15.5. The molecule has 0 aliphatic carbocycles. The predicted molar refractivity (Wildman–Crippen MR) is 123 cm³/mol. The highest BCUT2D eigenvalue weighted by molar-refractivity contribution is 6.07. The van der Waals surface area contributed by atoms with Gasteiger partial charge in [0.25, 0.3) is 5.91 Å². The van der Waals surface area contributed by atoms with E-state index in [0.717, 1.165) is 16.5 Å². The van der Waals surface area contributed by atoms with Crippen LogP contribution in [0.1, 0.15) is 53.0 Å². The number of carbonyl (C=O) groups is 2. The second-order valence-corrected chi connectivity index (χ2v) is 7.63. The molecule has 0 spiro atoms. The number of ether oxygens (including phenoxy) is 1. The van der Waals surface area contributed by atoms with Crippen molar-refractivity contribution in [2.45, 2.75) is 26.7 Å². The molecule has 2 heterocycles. The van der Waals surface area contributed by atoms with Crippen LogP contribution in [0, 0.1) is 0 Å². The Morgan fingerprint density at radius 2 is 1.78 bits per heavy atom. The first-order valence-electron chi connectivity index (χ1n) is 10.5. The summed E-state index contributed by atoms with van der Waals surface area (Å²) in [5.74, 6) is 0.134. The van der Waals surface area contributed by atoms with Crippen LogP contribution in [0.3, 0.4) is 0 Å². The number of hydrogen-bond acceptors (Lipinski definition) is 5. The Kier molecular flexibility index (Phi) is 5.98. The first kappa shape index (κ1) is 21.2. The van der Waals surface area contributed by atoms with Gasteiger partial charge in [0, 0.05) is 10.9 Å². The number of esters is 1. The number of pyridine rings is 1. The Bertz CT molecular complexity index is 1280. The molecule has 0 unspecified atom stereocenters. The Labute approximate surface area is 186 Å².